The van der Waals surface area contributed by atoms with Gasteiger partial charge in [-0.25, -0.2) is 4.79 Å². The van der Waals surface area contributed by atoms with Crippen molar-refractivity contribution in [1.29, 1.82) is 0 Å². The van der Waals surface area contributed by atoms with Gasteiger partial charge in [0.05, 0.1) is 0 Å². The summed E-state index contributed by atoms with van der Waals surface area (Å²) in [7, 11) is 0. The summed E-state index contributed by atoms with van der Waals surface area (Å²) >= 11 is 0. The van der Waals surface area contributed by atoms with Gasteiger partial charge in [0.2, 0.25) is 0 Å². The first-order valence-electron chi connectivity index (χ1n) is 3.28. The summed E-state index contributed by atoms with van der Waals surface area (Å²) < 4.78 is 0. The smallest absolute Gasteiger partial charge is 0.123 e. The zero-order valence-corrected chi connectivity index (χ0v) is 5.90. The molecule has 0 fully saturated rings. The quantitative estimate of drug-likeness (QED) is 0.638. The average Bonchev–Trinajstić information content (AvgIpc) is 2.07. The van der Waals surface area contributed by atoms with Crippen LogP contribution in [0.1, 0.15) is 11.7 Å². The summed E-state index contributed by atoms with van der Waals surface area (Å²) in [5, 5.41) is 9.20. The number of rotatable bonds is 2. The molecule has 11 heavy (non-hydrogen) atoms. The fraction of sp³-hybridized carbons (Fsp3) is 0.111. The molecule has 0 aliphatic heterocycles. The fourth-order valence-corrected chi connectivity index (χ4v) is 0.811. The maximum atomic E-state index is 9.85. The van der Waals surface area contributed by atoms with Crippen molar-refractivity contribution in [2.75, 3.05) is 0 Å². The van der Waals surface area contributed by atoms with Gasteiger partial charge in [0.25, 0.3) is 0 Å². The van der Waals surface area contributed by atoms with Crippen LogP contribution in [0.2, 0.25) is 0 Å². The minimum atomic E-state index is -0.825. The van der Waals surface area contributed by atoms with Gasteiger partial charge in [-0.3, -0.25) is 0 Å². The molecule has 0 radical (unpaired) electrons. The van der Waals surface area contributed by atoms with Crippen molar-refractivity contribution in [3.8, 4) is 0 Å². The molecule has 1 aromatic carbocycles. The summed E-state index contributed by atoms with van der Waals surface area (Å²) in [4.78, 5) is 9.85. The predicted molar refractivity (Wildman–Crippen MR) is 41.7 cm³/mol. The van der Waals surface area contributed by atoms with Gasteiger partial charge in [0.15, 0.2) is 0 Å². The predicted octanol–water partition coefficient (Wildman–Crippen LogP) is 1.11. The molecular formula is C9H8O2. The summed E-state index contributed by atoms with van der Waals surface area (Å²) in [6, 6.07) is 8.95. The van der Waals surface area contributed by atoms with E-state index >= 15 is 0 Å². The minimum Gasteiger partial charge on any atom is -0.384 e. The molecule has 1 rings (SSSR count). The molecular weight excluding hydrogens is 140 g/mol. The normalized spacial score (nSPS) is 11.7. The first-order chi connectivity index (χ1) is 5.34. The van der Waals surface area contributed by atoms with E-state index < -0.39 is 6.10 Å². The van der Waals surface area contributed by atoms with Crippen molar-refractivity contribution >= 4 is 5.94 Å². The molecule has 0 saturated heterocycles. The Bertz CT molecular complexity index is 260. The highest BCUT2D eigenvalue weighted by Gasteiger charge is 2.00. The molecule has 0 aliphatic rings. The van der Waals surface area contributed by atoms with Crippen LogP contribution in [0.4, 0.5) is 0 Å². The first-order valence-corrected chi connectivity index (χ1v) is 3.28. The Hall–Kier alpha value is -1.37. The maximum Gasteiger partial charge on any atom is 0.123 e. The third-order valence-electron chi connectivity index (χ3n) is 1.37. The van der Waals surface area contributed by atoms with Crippen LogP contribution < -0.4 is 0 Å². The highest BCUT2D eigenvalue weighted by atomic mass is 16.3. The molecule has 1 unspecified atom stereocenters. The standard InChI is InChI=1S/C9H8O2/c10-7-6-9(11)8-4-2-1-3-5-8/h1-6,9,11H. The van der Waals surface area contributed by atoms with E-state index in [1.165, 1.54) is 0 Å². The molecule has 0 bridgehead atoms. The molecule has 2 heteroatoms. The highest BCUT2D eigenvalue weighted by Crippen LogP contribution is 2.11. The lowest BCUT2D eigenvalue weighted by Gasteiger charge is -2.01. The molecule has 0 heterocycles. The van der Waals surface area contributed by atoms with E-state index in [9.17, 15) is 9.90 Å². The number of aliphatic hydroxyl groups excluding tert-OH is 1. The zero-order valence-electron chi connectivity index (χ0n) is 5.90. The van der Waals surface area contributed by atoms with Gasteiger partial charge in [0, 0.05) is 6.08 Å². The largest absolute Gasteiger partial charge is 0.384 e. The lowest BCUT2D eigenvalue weighted by Crippen LogP contribution is -1.91. The van der Waals surface area contributed by atoms with Gasteiger partial charge in [-0.15, -0.1) is 0 Å². The first kappa shape index (κ1) is 7.73. The molecule has 1 aromatic rings. The SMILES string of the molecule is O=C=CC(O)c1ccccc1. The Labute approximate surface area is 64.8 Å². The zero-order chi connectivity index (χ0) is 8.10. The molecule has 0 aliphatic carbocycles. The van der Waals surface area contributed by atoms with E-state index in [2.05, 4.69) is 0 Å². The summed E-state index contributed by atoms with van der Waals surface area (Å²) in [6.07, 6.45) is 0.253. The van der Waals surface area contributed by atoms with Crippen molar-refractivity contribution < 1.29 is 9.90 Å². The molecule has 0 spiro atoms. The van der Waals surface area contributed by atoms with Gasteiger partial charge in [0.1, 0.15) is 12.0 Å². The van der Waals surface area contributed by atoms with E-state index in [4.69, 9.17) is 0 Å². The lowest BCUT2D eigenvalue weighted by molar-refractivity contribution is 0.229. The Morgan fingerprint density at radius 1 is 1.36 bits per heavy atom. The van der Waals surface area contributed by atoms with Crippen molar-refractivity contribution in [1.82, 2.24) is 0 Å². The molecule has 0 amide bonds. The molecule has 1 N–H and O–H groups in total. The van der Waals surface area contributed by atoms with E-state index in [-0.39, 0.29) is 0 Å². The maximum absolute atomic E-state index is 9.85. The highest BCUT2D eigenvalue weighted by molar-refractivity contribution is 5.47. The summed E-state index contributed by atoms with van der Waals surface area (Å²) in [6.45, 7) is 0. The van der Waals surface area contributed by atoms with Crippen LogP contribution in [0.5, 0.6) is 0 Å². The van der Waals surface area contributed by atoms with Crippen molar-refractivity contribution in [2.45, 2.75) is 6.10 Å². The lowest BCUT2D eigenvalue weighted by atomic mass is 10.1. The van der Waals surface area contributed by atoms with Crippen LogP contribution in [0, 0.1) is 0 Å². The van der Waals surface area contributed by atoms with Crippen molar-refractivity contribution in [2.24, 2.45) is 0 Å². The molecule has 0 saturated carbocycles. The Morgan fingerprint density at radius 2 is 2.00 bits per heavy atom. The average molecular weight is 148 g/mol. The van der Waals surface area contributed by atoms with Gasteiger partial charge in [-0.1, -0.05) is 30.3 Å². The van der Waals surface area contributed by atoms with Gasteiger partial charge < -0.3 is 5.11 Å². The number of benzene rings is 1. The minimum absolute atomic E-state index is 0.704. The Morgan fingerprint density at radius 3 is 2.55 bits per heavy atom. The number of carbonyl (C=O) groups excluding carboxylic acids is 1. The van der Waals surface area contributed by atoms with Gasteiger partial charge in [-0.2, -0.15) is 0 Å². The van der Waals surface area contributed by atoms with E-state index in [1.807, 2.05) is 6.07 Å². The molecule has 0 aromatic heterocycles. The molecule has 56 valence electrons. The van der Waals surface area contributed by atoms with Crippen LogP contribution in [-0.2, 0) is 4.79 Å². The number of hydrogen-bond acceptors (Lipinski definition) is 2. The van der Waals surface area contributed by atoms with Crippen molar-refractivity contribution in [3.63, 3.8) is 0 Å². The Kier molecular flexibility index (Phi) is 2.61. The topological polar surface area (TPSA) is 37.3 Å². The monoisotopic (exact) mass is 148 g/mol. The van der Waals surface area contributed by atoms with Gasteiger partial charge in [-0.05, 0) is 5.56 Å². The van der Waals surface area contributed by atoms with Crippen LogP contribution in [-0.4, -0.2) is 11.0 Å². The van der Waals surface area contributed by atoms with Crippen LogP contribution in [0.15, 0.2) is 36.4 Å². The van der Waals surface area contributed by atoms with Crippen LogP contribution in [0.3, 0.4) is 0 Å². The van der Waals surface area contributed by atoms with E-state index in [1.54, 1.807) is 30.2 Å². The molecule has 2 nitrogen and oxygen atoms in total. The third kappa shape index (κ3) is 2.04. The van der Waals surface area contributed by atoms with Gasteiger partial charge >= 0.3 is 0 Å². The number of aliphatic hydroxyl groups is 1. The van der Waals surface area contributed by atoms with E-state index in [0.717, 1.165) is 6.08 Å². The Balaban J connectivity index is 2.84. The van der Waals surface area contributed by atoms with Crippen LogP contribution >= 0.6 is 0 Å². The van der Waals surface area contributed by atoms with Crippen molar-refractivity contribution in [3.05, 3.63) is 42.0 Å². The second-order valence-corrected chi connectivity index (χ2v) is 2.14. The summed E-state index contributed by atoms with van der Waals surface area (Å²) in [5.74, 6) is 1.54. The van der Waals surface area contributed by atoms with Crippen LogP contribution in [0.25, 0.3) is 0 Å². The fourth-order valence-electron chi connectivity index (χ4n) is 0.811. The second-order valence-electron chi connectivity index (χ2n) is 2.14. The summed E-state index contributed by atoms with van der Waals surface area (Å²) in [5.41, 5.74) is 0.704. The second kappa shape index (κ2) is 3.71. The third-order valence-corrected chi connectivity index (χ3v) is 1.37. The van der Waals surface area contributed by atoms with E-state index in [0.29, 0.717) is 5.56 Å². The number of hydrogen-bond donors (Lipinski definition) is 1. The molecule has 1 atom stereocenters.